The summed E-state index contributed by atoms with van der Waals surface area (Å²) in [5.41, 5.74) is 5.75. The zero-order valence-electron chi connectivity index (χ0n) is 11.5. The lowest BCUT2D eigenvalue weighted by Gasteiger charge is -2.16. The van der Waals surface area contributed by atoms with Crippen molar-refractivity contribution in [2.45, 2.75) is 33.1 Å². The Balaban J connectivity index is 2.62. The van der Waals surface area contributed by atoms with Crippen LogP contribution in [-0.2, 0) is 11.2 Å². The zero-order chi connectivity index (χ0) is 14.4. The smallest absolute Gasteiger partial charge is 0.162 e. The Labute approximate surface area is 113 Å². The van der Waals surface area contributed by atoms with Crippen LogP contribution in [0.5, 0.6) is 0 Å². The van der Waals surface area contributed by atoms with E-state index in [0.29, 0.717) is 18.9 Å². The molecular weight excluding hydrogens is 248 g/mol. The standard InChI is InChI=1S/C15H21F2NO/c1-10(2)6-11(9-18)7-13(19)8-12-4-3-5-14(16)15(12)17/h3-5,10-11H,6-9,18H2,1-2H3. The van der Waals surface area contributed by atoms with Crippen molar-refractivity contribution >= 4 is 5.78 Å². The number of nitrogens with two attached hydrogens (primary N) is 1. The Bertz CT molecular complexity index is 432. The van der Waals surface area contributed by atoms with Gasteiger partial charge in [-0.05, 0) is 36.4 Å². The van der Waals surface area contributed by atoms with Gasteiger partial charge in [0.1, 0.15) is 5.78 Å². The molecule has 1 rings (SSSR count). The van der Waals surface area contributed by atoms with Crippen LogP contribution in [0.1, 0.15) is 32.3 Å². The molecule has 0 fully saturated rings. The maximum Gasteiger partial charge on any atom is 0.162 e. The third-order valence-corrected chi connectivity index (χ3v) is 3.07. The van der Waals surface area contributed by atoms with Gasteiger partial charge in [-0.1, -0.05) is 26.0 Å². The second kappa shape index (κ2) is 7.34. The molecule has 19 heavy (non-hydrogen) atoms. The zero-order valence-corrected chi connectivity index (χ0v) is 11.5. The molecule has 0 aliphatic heterocycles. The van der Waals surface area contributed by atoms with Gasteiger partial charge in [-0.2, -0.15) is 0 Å². The van der Waals surface area contributed by atoms with Gasteiger partial charge >= 0.3 is 0 Å². The van der Waals surface area contributed by atoms with E-state index in [2.05, 4.69) is 13.8 Å². The van der Waals surface area contributed by atoms with Crippen LogP contribution in [0, 0.1) is 23.5 Å². The van der Waals surface area contributed by atoms with Crippen LogP contribution in [0.25, 0.3) is 0 Å². The van der Waals surface area contributed by atoms with Crippen molar-refractivity contribution < 1.29 is 13.6 Å². The minimum Gasteiger partial charge on any atom is -0.330 e. The van der Waals surface area contributed by atoms with Crippen LogP contribution in [0.2, 0.25) is 0 Å². The summed E-state index contributed by atoms with van der Waals surface area (Å²) in [5.74, 6) is -1.36. The number of hydrogen-bond donors (Lipinski definition) is 1. The van der Waals surface area contributed by atoms with Gasteiger partial charge in [0.05, 0.1) is 0 Å². The SMILES string of the molecule is CC(C)CC(CN)CC(=O)Cc1cccc(F)c1F. The van der Waals surface area contributed by atoms with Crippen LogP contribution in [-0.4, -0.2) is 12.3 Å². The summed E-state index contributed by atoms with van der Waals surface area (Å²) >= 11 is 0. The minimum atomic E-state index is -0.927. The van der Waals surface area contributed by atoms with Gasteiger partial charge in [-0.25, -0.2) is 8.78 Å². The Morgan fingerprint density at radius 3 is 2.58 bits per heavy atom. The topological polar surface area (TPSA) is 43.1 Å². The quantitative estimate of drug-likeness (QED) is 0.826. The lowest BCUT2D eigenvalue weighted by molar-refractivity contribution is -0.119. The molecule has 0 saturated carbocycles. The molecule has 0 amide bonds. The maximum absolute atomic E-state index is 13.4. The molecule has 1 unspecified atom stereocenters. The van der Waals surface area contributed by atoms with E-state index >= 15 is 0 Å². The number of halogens is 2. The van der Waals surface area contributed by atoms with Crippen molar-refractivity contribution in [1.29, 1.82) is 0 Å². The first-order valence-electron chi connectivity index (χ1n) is 6.58. The molecule has 4 heteroatoms. The van der Waals surface area contributed by atoms with Gasteiger partial charge in [0.2, 0.25) is 0 Å². The molecule has 0 radical (unpaired) electrons. The van der Waals surface area contributed by atoms with E-state index in [4.69, 9.17) is 5.73 Å². The van der Waals surface area contributed by atoms with E-state index in [1.165, 1.54) is 12.1 Å². The molecule has 0 heterocycles. The van der Waals surface area contributed by atoms with Gasteiger partial charge in [-0.15, -0.1) is 0 Å². The Morgan fingerprint density at radius 1 is 1.32 bits per heavy atom. The minimum absolute atomic E-state index is 0.0712. The lowest BCUT2D eigenvalue weighted by Crippen LogP contribution is -2.21. The van der Waals surface area contributed by atoms with Crippen LogP contribution >= 0.6 is 0 Å². The summed E-state index contributed by atoms with van der Waals surface area (Å²) in [6.07, 6.45) is 1.12. The molecule has 2 nitrogen and oxygen atoms in total. The molecular formula is C15H21F2NO. The van der Waals surface area contributed by atoms with Crippen molar-refractivity contribution in [1.82, 2.24) is 0 Å². The summed E-state index contributed by atoms with van der Waals surface area (Å²) in [5, 5.41) is 0. The molecule has 0 aromatic heterocycles. The predicted octanol–water partition coefficient (Wildman–Crippen LogP) is 3.09. The van der Waals surface area contributed by atoms with E-state index in [1.807, 2.05) is 0 Å². The van der Waals surface area contributed by atoms with Crippen molar-refractivity contribution in [3.05, 3.63) is 35.4 Å². The molecule has 1 aromatic carbocycles. The molecule has 2 N–H and O–H groups in total. The van der Waals surface area contributed by atoms with Gasteiger partial charge in [0.25, 0.3) is 0 Å². The van der Waals surface area contributed by atoms with E-state index < -0.39 is 11.6 Å². The van der Waals surface area contributed by atoms with Crippen molar-refractivity contribution in [2.75, 3.05) is 6.54 Å². The molecule has 0 aliphatic rings. The average Bonchev–Trinajstić information content (AvgIpc) is 2.33. The fourth-order valence-corrected chi connectivity index (χ4v) is 2.22. The van der Waals surface area contributed by atoms with E-state index in [1.54, 1.807) is 0 Å². The maximum atomic E-state index is 13.4. The Kier molecular flexibility index (Phi) is 6.09. The van der Waals surface area contributed by atoms with Gasteiger partial charge in [0, 0.05) is 12.8 Å². The predicted molar refractivity (Wildman–Crippen MR) is 71.7 cm³/mol. The third-order valence-electron chi connectivity index (χ3n) is 3.07. The molecule has 1 aromatic rings. The van der Waals surface area contributed by atoms with Crippen molar-refractivity contribution in [3.8, 4) is 0 Å². The van der Waals surface area contributed by atoms with E-state index in [0.717, 1.165) is 12.5 Å². The first-order valence-corrected chi connectivity index (χ1v) is 6.58. The van der Waals surface area contributed by atoms with Crippen LogP contribution in [0.3, 0.4) is 0 Å². The normalized spacial score (nSPS) is 12.7. The number of benzene rings is 1. The van der Waals surface area contributed by atoms with Crippen LogP contribution in [0.15, 0.2) is 18.2 Å². The number of carbonyl (C=O) groups is 1. The molecule has 1 atom stereocenters. The second-order valence-electron chi connectivity index (χ2n) is 5.36. The number of rotatable bonds is 7. The third kappa shape index (κ3) is 5.07. The van der Waals surface area contributed by atoms with Crippen molar-refractivity contribution in [3.63, 3.8) is 0 Å². The second-order valence-corrected chi connectivity index (χ2v) is 5.36. The summed E-state index contributed by atoms with van der Waals surface area (Å²) in [4.78, 5) is 11.9. The number of carbonyl (C=O) groups excluding carboxylic acids is 1. The monoisotopic (exact) mass is 269 g/mol. The van der Waals surface area contributed by atoms with E-state index in [9.17, 15) is 13.6 Å². The highest BCUT2D eigenvalue weighted by Gasteiger charge is 2.16. The summed E-state index contributed by atoms with van der Waals surface area (Å²) in [7, 11) is 0. The summed E-state index contributed by atoms with van der Waals surface area (Å²) in [6.45, 7) is 4.58. The summed E-state index contributed by atoms with van der Waals surface area (Å²) < 4.78 is 26.5. The first-order chi connectivity index (χ1) is 8.93. The van der Waals surface area contributed by atoms with Crippen molar-refractivity contribution in [2.24, 2.45) is 17.6 Å². The Morgan fingerprint density at radius 2 is 2.00 bits per heavy atom. The highest BCUT2D eigenvalue weighted by atomic mass is 19.2. The van der Waals surface area contributed by atoms with E-state index in [-0.39, 0.29) is 23.7 Å². The molecule has 0 aliphatic carbocycles. The van der Waals surface area contributed by atoms with Crippen LogP contribution in [0.4, 0.5) is 8.78 Å². The van der Waals surface area contributed by atoms with Gasteiger partial charge in [0.15, 0.2) is 11.6 Å². The number of Topliss-reactive ketones (excluding diaryl/α,β-unsaturated/α-hetero) is 1. The lowest BCUT2D eigenvalue weighted by atomic mass is 9.91. The van der Waals surface area contributed by atoms with Gasteiger partial charge in [-0.3, -0.25) is 4.79 Å². The van der Waals surface area contributed by atoms with Crippen LogP contribution < -0.4 is 5.73 Å². The largest absolute Gasteiger partial charge is 0.330 e. The Hall–Kier alpha value is -1.29. The number of hydrogen-bond acceptors (Lipinski definition) is 2. The molecule has 0 bridgehead atoms. The molecule has 0 saturated heterocycles. The fourth-order valence-electron chi connectivity index (χ4n) is 2.22. The summed E-state index contributed by atoms with van der Waals surface area (Å²) in [6, 6.07) is 3.90. The number of ketones is 1. The highest BCUT2D eigenvalue weighted by Crippen LogP contribution is 2.17. The first kappa shape index (κ1) is 15.8. The molecule has 0 spiro atoms. The molecule has 106 valence electrons. The highest BCUT2D eigenvalue weighted by molar-refractivity contribution is 5.81. The fraction of sp³-hybridized carbons (Fsp3) is 0.533. The van der Waals surface area contributed by atoms with Gasteiger partial charge < -0.3 is 5.73 Å². The average molecular weight is 269 g/mol.